The molecule has 0 aliphatic carbocycles. The Morgan fingerprint density at radius 1 is 1.33 bits per heavy atom. The van der Waals surface area contributed by atoms with Crippen LogP contribution in [0.2, 0.25) is 0 Å². The molecular weight excluding hydrogens is 272 g/mol. The molecule has 6 nitrogen and oxygen atoms in total. The number of nitrogens with zero attached hydrogens (tertiary/aromatic N) is 2. The van der Waals surface area contributed by atoms with E-state index >= 15 is 0 Å². The first-order valence-corrected chi connectivity index (χ1v) is 6.49. The first-order chi connectivity index (χ1) is 9.95. The Bertz CT molecular complexity index is 632. The summed E-state index contributed by atoms with van der Waals surface area (Å²) < 4.78 is 10.4. The van der Waals surface area contributed by atoms with Crippen LogP contribution in [-0.4, -0.2) is 42.3 Å². The van der Waals surface area contributed by atoms with Gasteiger partial charge in [-0.2, -0.15) is 0 Å². The Balaban J connectivity index is 2.51. The predicted molar refractivity (Wildman–Crippen MR) is 77.6 cm³/mol. The van der Waals surface area contributed by atoms with Gasteiger partial charge in [-0.05, 0) is 45.3 Å². The molecule has 1 unspecified atom stereocenters. The van der Waals surface area contributed by atoms with E-state index in [0.717, 1.165) is 0 Å². The number of hydrogen-bond acceptors (Lipinski definition) is 5. The van der Waals surface area contributed by atoms with E-state index in [1.54, 1.807) is 31.4 Å². The summed E-state index contributed by atoms with van der Waals surface area (Å²) in [6.07, 6.45) is 0. The number of ether oxygens (including phenoxy) is 1. The summed E-state index contributed by atoms with van der Waals surface area (Å²) in [4.78, 5) is 13.4. The van der Waals surface area contributed by atoms with E-state index in [4.69, 9.17) is 9.26 Å². The van der Waals surface area contributed by atoms with Gasteiger partial charge in [0.1, 0.15) is 17.0 Å². The molecule has 0 amide bonds. The van der Waals surface area contributed by atoms with E-state index in [-0.39, 0.29) is 11.6 Å². The minimum Gasteiger partial charge on any atom is -0.497 e. The summed E-state index contributed by atoms with van der Waals surface area (Å²) in [5, 5.41) is 13.4. The van der Waals surface area contributed by atoms with Gasteiger partial charge in [0.2, 0.25) is 0 Å². The largest absolute Gasteiger partial charge is 0.497 e. The summed E-state index contributed by atoms with van der Waals surface area (Å²) in [6, 6.07) is 6.84. The summed E-state index contributed by atoms with van der Waals surface area (Å²) in [5.74, 6) is -0.00918. The zero-order chi connectivity index (χ0) is 15.6. The van der Waals surface area contributed by atoms with Crippen LogP contribution >= 0.6 is 0 Å². The number of carboxylic acid groups (broad SMARTS) is 1. The quantitative estimate of drug-likeness (QED) is 0.912. The van der Waals surface area contributed by atoms with E-state index < -0.39 is 5.97 Å². The number of hydrogen-bond donors (Lipinski definition) is 1. The number of carbonyl (C=O) groups is 1. The van der Waals surface area contributed by atoms with Crippen LogP contribution in [-0.2, 0) is 0 Å². The lowest BCUT2D eigenvalue weighted by atomic mass is 10.0. The van der Waals surface area contributed by atoms with E-state index in [2.05, 4.69) is 5.16 Å². The van der Waals surface area contributed by atoms with Crippen molar-refractivity contribution in [2.24, 2.45) is 0 Å². The second kappa shape index (κ2) is 5.97. The smallest absolute Gasteiger partial charge is 0.341 e. The van der Waals surface area contributed by atoms with E-state index in [1.165, 1.54) is 0 Å². The van der Waals surface area contributed by atoms with E-state index in [9.17, 15) is 9.90 Å². The Morgan fingerprint density at radius 2 is 1.95 bits per heavy atom. The number of aromatic carboxylic acids is 1. The summed E-state index contributed by atoms with van der Waals surface area (Å²) in [5.41, 5.74) is 1.10. The van der Waals surface area contributed by atoms with Gasteiger partial charge in [0.15, 0.2) is 5.76 Å². The van der Waals surface area contributed by atoms with Crippen LogP contribution in [0.5, 0.6) is 5.75 Å². The maximum Gasteiger partial charge on any atom is 0.341 e. The van der Waals surface area contributed by atoms with Crippen molar-refractivity contribution in [3.8, 4) is 17.0 Å². The van der Waals surface area contributed by atoms with Gasteiger partial charge >= 0.3 is 5.97 Å². The van der Waals surface area contributed by atoms with Gasteiger partial charge < -0.3 is 14.4 Å². The van der Waals surface area contributed by atoms with Crippen LogP contribution in [0.25, 0.3) is 11.3 Å². The zero-order valence-electron chi connectivity index (χ0n) is 12.5. The van der Waals surface area contributed by atoms with Crippen LogP contribution in [0.4, 0.5) is 0 Å². The fourth-order valence-corrected chi connectivity index (χ4v) is 1.98. The second-order valence-corrected chi connectivity index (χ2v) is 4.94. The third-order valence-electron chi connectivity index (χ3n) is 3.45. The standard InChI is InChI=1S/C15H18N2O4/c1-9(17(2)3)14-12(15(18)19)13(16-21-14)10-5-7-11(20-4)8-6-10/h5-9H,1-4H3,(H,18,19). The SMILES string of the molecule is COc1ccc(-c2noc(C(C)N(C)C)c2C(=O)O)cc1. The number of methoxy groups -OCH3 is 1. The summed E-state index contributed by atoms with van der Waals surface area (Å²) in [6.45, 7) is 1.87. The van der Waals surface area contributed by atoms with E-state index in [1.807, 2.05) is 25.9 Å². The Kier molecular flexibility index (Phi) is 4.28. The van der Waals surface area contributed by atoms with Crippen molar-refractivity contribution in [2.75, 3.05) is 21.2 Å². The molecule has 1 heterocycles. The van der Waals surface area contributed by atoms with Gasteiger partial charge in [0.25, 0.3) is 0 Å². The highest BCUT2D eigenvalue weighted by atomic mass is 16.5. The van der Waals surface area contributed by atoms with Crippen molar-refractivity contribution < 1.29 is 19.2 Å². The van der Waals surface area contributed by atoms with Crippen molar-refractivity contribution >= 4 is 5.97 Å². The van der Waals surface area contributed by atoms with Crippen LogP contribution < -0.4 is 4.74 Å². The molecule has 1 aromatic heterocycles. The van der Waals surface area contributed by atoms with Crippen molar-refractivity contribution in [3.63, 3.8) is 0 Å². The highest BCUT2D eigenvalue weighted by molar-refractivity contribution is 5.96. The Labute approximate surface area is 122 Å². The molecule has 0 saturated heterocycles. The molecule has 0 bridgehead atoms. The molecule has 1 N–H and O–H groups in total. The molecule has 6 heteroatoms. The number of rotatable bonds is 5. The lowest BCUT2D eigenvalue weighted by molar-refractivity contribution is 0.0692. The summed E-state index contributed by atoms with van der Waals surface area (Å²) >= 11 is 0. The highest BCUT2D eigenvalue weighted by Crippen LogP contribution is 2.31. The molecule has 0 saturated carbocycles. The number of aromatic nitrogens is 1. The van der Waals surface area contributed by atoms with Crippen LogP contribution in [0, 0.1) is 0 Å². The third kappa shape index (κ3) is 2.90. The molecule has 2 aromatic rings. The average molecular weight is 290 g/mol. The maximum absolute atomic E-state index is 11.6. The fraction of sp³-hybridized carbons (Fsp3) is 0.333. The third-order valence-corrected chi connectivity index (χ3v) is 3.45. The van der Waals surface area contributed by atoms with Crippen molar-refractivity contribution in [1.29, 1.82) is 0 Å². The van der Waals surface area contributed by atoms with Crippen LogP contribution in [0.15, 0.2) is 28.8 Å². The van der Waals surface area contributed by atoms with Crippen LogP contribution in [0.3, 0.4) is 0 Å². The van der Waals surface area contributed by atoms with Crippen molar-refractivity contribution in [1.82, 2.24) is 10.1 Å². The molecule has 0 aliphatic heterocycles. The molecule has 1 atom stereocenters. The highest BCUT2D eigenvalue weighted by Gasteiger charge is 2.27. The van der Waals surface area contributed by atoms with Gasteiger partial charge in [0.05, 0.1) is 13.2 Å². The number of carboxylic acids is 1. The Hall–Kier alpha value is -2.34. The first kappa shape index (κ1) is 15.1. The minimum absolute atomic E-state index is 0.0985. The fourth-order valence-electron chi connectivity index (χ4n) is 1.98. The summed E-state index contributed by atoms with van der Waals surface area (Å²) in [7, 11) is 5.28. The molecule has 0 fully saturated rings. The predicted octanol–water partition coefficient (Wildman–Crippen LogP) is 2.67. The normalized spacial score (nSPS) is 12.4. The van der Waals surface area contributed by atoms with Crippen molar-refractivity contribution in [3.05, 3.63) is 35.6 Å². The molecule has 21 heavy (non-hydrogen) atoms. The zero-order valence-corrected chi connectivity index (χ0v) is 12.5. The molecule has 0 aliphatic rings. The average Bonchev–Trinajstić information content (AvgIpc) is 2.91. The molecule has 0 spiro atoms. The van der Waals surface area contributed by atoms with Gasteiger partial charge in [-0.3, -0.25) is 4.90 Å². The Morgan fingerprint density at radius 3 is 2.43 bits per heavy atom. The van der Waals surface area contributed by atoms with E-state index in [0.29, 0.717) is 22.8 Å². The minimum atomic E-state index is -1.05. The lowest BCUT2D eigenvalue weighted by Gasteiger charge is -2.17. The van der Waals surface area contributed by atoms with Crippen molar-refractivity contribution in [2.45, 2.75) is 13.0 Å². The second-order valence-electron chi connectivity index (χ2n) is 4.94. The molecule has 0 radical (unpaired) electrons. The first-order valence-electron chi connectivity index (χ1n) is 6.49. The van der Waals surface area contributed by atoms with Gasteiger partial charge in [0, 0.05) is 5.56 Å². The maximum atomic E-state index is 11.6. The number of benzene rings is 1. The molecule has 1 aromatic carbocycles. The molecule has 2 rings (SSSR count). The molecular formula is C15H18N2O4. The lowest BCUT2D eigenvalue weighted by Crippen LogP contribution is -2.18. The van der Waals surface area contributed by atoms with Gasteiger partial charge in [-0.25, -0.2) is 4.79 Å². The van der Waals surface area contributed by atoms with Gasteiger partial charge in [-0.15, -0.1) is 0 Å². The molecule has 112 valence electrons. The van der Waals surface area contributed by atoms with Crippen LogP contribution in [0.1, 0.15) is 29.1 Å². The topological polar surface area (TPSA) is 75.8 Å². The monoisotopic (exact) mass is 290 g/mol. The van der Waals surface area contributed by atoms with Gasteiger partial charge in [-0.1, -0.05) is 5.16 Å².